The van der Waals surface area contributed by atoms with Gasteiger partial charge < -0.3 is 29.5 Å². The van der Waals surface area contributed by atoms with Crippen LogP contribution < -0.4 is 14.8 Å². The number of nitrogens with one attached hydrogen (secondary N) is 1. The summed E-state index contributed by atoms with van der Waals surface area (Å²) in [5.74, 6) is 0.995. The van der Waals surface area contributed by atoms with Crippen LogP contribution in [0, 0.1) is 12.8 Å². The number of methoxy groups -OCH3 is 1. The van der Waals surface area contributed by atoms with Gasteiger partial charge in [0.25, 0.3) is 0 Å². The van der Waals surface area contributed by atoms with Crippen molar-refractivity contribution in [1.82, 2.24) is 4.90 Å². The quantitative estimate of drug-likeness (QED) is 0.346. The van der Waals surface area contributed by atoms with Gasteiger partial charge in [0, 0.05) is 19.6 Å². The molecule has 3 rings (SSSR count). The molecule has 1 atom stereocenters. The molecule has 2 N–H and O–H groups in total. The highest BCUT2D eigenvalue weighted by Crippen LogP contribution is 2.28. The molecular weight excluding hydrogens is 472 g/mol. The number of carbonyl (C=O) groups excluding carboxylic acids is 1. The van der Waals surface area contributed by atoms with Crippen molar-refractivity contribution in [3.8, 4) is 11.5 Å². The number of rotatable bonds is 14. The Kier molecular flexibility index (Phi) is 11.1. The maximum absolute atomic E-state index is 13.2. The number of ether oxygens (including phenoxy) is 3. The van der Waals surface area contributed by atoms with Crippen LogP contribution in [0.25, 0.3) is 0 Å². The molecule has 8 nitrogen and oxygen atoms in total. The molecular formula is C29H40N2O6. The molecule has 0 aliphatic heterocycles. The first-order chi connectivity index (χ1) is 17.9. The van der Waals surface area contributed by atoms with Crippen molar-refractivity contribution in [2.45, 2.75) is 58.5 Å². The van der Waals surface area contributed by atoms with Crippen molar-refractivity contribution in [1.29, 1.82) is 0 Å². The van der Waals surface area contributed by atoms with Crippen molar-refractivity contribution < 1.29 is 28.9 Å². The molecule has 0 bridgehead atoms. The molecule has 1 fully saturated rings. The Morgan fingerprint density at radius 3 is 2.49 bits per heavy atom. The van der Waals surface area contributed by atoms with Gasteiger partial charge in [0.2, 0.25) is 0 Å². The van der Waals surface area contributed by atoms with E-state index in [-0.39, 0.29) is 6.03 Å². The molecule has 2 aromatic carbocycles. The lowest BCUT2D eigenvalue weighted by atomic mass is 10.0. The number of carbonyl (C=O) groups is 2. The van der Waals surface area contributed by atoms with Crippen LogP contribution in [-0.4, -0.2) is 61.5 Å². The zero-order valence-electron chi connectivity index (χ0n) is 22.2. The lowest BCUT2D eigenvalue weighted by molar-refractivity contribution is -0.149. The third kappa shape index (κ3) is 8.97. The molecule has 0 radical (unpaired) electrons. The summed E-state index contributed by atoms with van der Waals surface area (Å²) in [4.78, 5) is 26.4. The number of urea groups is 1. The van der Waals surface area contributed by atoms with E-state index in [1.807, 2.05) is 54.3 Å². The predicted octanol–water partition coefficient (Wildman–Crippen LogP) is 5.53. The van der Waals surface area contributed by atoms with E-state index in [0.717, 1.165) is 17.5 Å². The van der Waals surface area contributed by atoms with Crippen LogP contribution in [0.2, 0.25) is 0 Å². The number of nitrogens with zero attached hydrogens (tertiary/aromatic N) is 1. The smallest absolute Gasteiger partial charge is 0.333 e. The third-order valence-corrected chi connectivity index (χ3v) is 6.78. The Hall–Kier alpha value is -3.26. The maximum Gasteiger partial charge on any atom is 0.333 e. The van der Waals surface area contributed by atoms with Gasteiger partial charge in [-0.2, -0.15) is 0 Å². The number of benzene rings is 2. The molecule has 0 spiro atoms. The fourth-order valence-electron chi connectivity index (χ4n) is 4.69. The summed E-state index contributed by atoms with van der Waals surface area (Å²) in [6.45, 7) is 5.56. The standard InChI is InChI=1S/C29H40N2O6/c1-4-36-27(28(32)33)20-23-10-12-24(13-11-23)37-18-17-31(16-15-22-7-5-6-8-22)29(34)30-25-19-21(2)9-14-26(25)35-3/h9-14,19,22,27H,4-8,15-18,20H2,1-3H3,(H,30,34)(H,32,33). The molecule has 0 saturated heterocycles. The van der Waals surface area contributed by atoms with E-state index >= 15 is 0 Å². The highest BCUT2D eigenvalue weighted by Gasteiger charge is 2.21. The number of carboxylic acid groups (broad SMARTS) is 1. The number of carboxylic acids is 1. The molecule has 0 aromatic heterocycles. The van der Waals surface area contributed by atoms with Gasteiger partial charge in [0.15, 0.2) is 6.10 Å². The average Bonchev–Trinajstić information content (AvgIpc) is 3.40. The average molecular weight is 513 g/mol. The Morgan fingerprint density at radius 2 is 1.84 bits per heavy atom. The maximum atomic E-state index is 13.2. The summed E-state index contributed by atoms with van der Waals surface area (Å²) < 4.78 is 16.6. The minimum absolute atomic E-state index is 0.170. The van der Waals surface area contributed by atoms with Crippen LogP contribution in [-0.2, 0) is 16.0 Å². The van der Waals surface area contributed by atoms with Gasteiger partial charge in [0.05, 0.1) is 19.3 Å². The topological polar surface area (TPSA) is 97.3 Å². The fraction of sp³-hybridized carbons (Fsp3) is 0.517. The summed E-state index contributed by atoms with van der Waals surface area (Å²) in [5, 5.41) is 12.3. The minimum Gasteiger partial charge on any atom is -0.495 e. The van der Waals surface area contributed by atoms with Crippen LogP contribution in [0.1, 0.15) is 50.2 Å². The van der Waals surface area contributed by atoms with Crippen molar-refractivity contribution >= 4 is 17.7 Å². The van der Waals surface area contributed by atoms with Gasteiger partial charge >= 0.3 is 12.0 Å². The van der Waals surface area contributed by atoms with E-state index < -0.39 is 12.1 Å². The van der Waals surface area contributed by atoms with E-state index in [4.69, 9.17) is 14.2 Å². The van der Waals surface area contributed by atoms with Gasteiger partial charge in [-0.25, -0.2) is 9.59 Å². The second-order valence-corrected chi connectivity index (χ2v) is 9.54. The molecule has 202 valence electrons. The molecule has 2 aromatic rings. The minimum atomic E-state index is -0.971. The summed E-state index contributed by atoms with van der Waals surface area (Å²) >= 11 is 0. The van der Waals surface area contributed by atoms with Crippen LogP contribution in [0.15, 0.2) is 42.5 Å². The molecule has 1 saturated carbocycles. The first kappa shape index (κ1) is 28.3. The number of hydrogen-bond acceptors (Lipinski definition) is 5. The number of amides is 2. The van der Waals surface area contributed by atoms with E-state index in [2.05, 4.69) is 5.32 Å². The van der Waals surface area contributed by atoms with E-state index in [1.165, 1.54) is 25.7 Å². The lowest BCUT2D eigenvalue weighted by Gasteiger charge is -2.25. The summed E-state index contributed by atoms with van der Waals surface area (Å²) in [7, 11) is 1.59. The van der Waals surface area contributed by atoms with Crippen molar-refractivity contribution in [2.24, 2.45) is 5.92 Å². The Bertz CT molecular complexity index is 1000. The second kappa shape index (κ2) is 14.5. The van der Waals surface area contributed by atoms with Crippen molar-refractivity contribution in [3.63, 3.8) is 0 Å². The molecule has 1 aliphatic rings. The zero-order chi connectivity index (χ0) is 26.6. The highest BCUT2D eigenvalue weighted by atomic mass is 16.5. The van der Waals surface area contributed by atoms with Crippen LogP contribution >= 0.6 is 0 Å². The Balaban J connectivity index is 1.58. The fourth-order valence-corrected chi connectivity index (χ4v) is 4.69. The van der Waals surface area contributed by atoms with Crippen LogP contribution in [0.4, 0.5) is 10.5 Å². The third-order valence-electron chi connectivity index (χ3n) is 6.78. The summed E-state index contributed by atoms with van der Waals surface area (Å²) in [6.07, 6.45) is 5.42. The normalized spacial score (nSPS) is 14.2. The molecule has 8 heteroatoms. The van der Waals surface area contributed by atoms with E-state index in [1.54, 1.807) is 14.0 Å². The van der Waals surface area contributed by atoms with Gasteiger partial charge in [-0.15, -0.1) is 0 Å². The Morgan fingerprint density at radius 1 is 1.11 bits per heavy atom. The summed E-state index contributed by atoms with van der Waals surface area (Å²) in [6, 6.07) is 12.9. The van der Waals surface area contributed by atoms with Crippen molar-refractivity contribution in [3.05, 3.63) is 53.6 Å². The largest absolute Gasteiger partial charge is 0.495 e. The number of anilines is 1. The SMILES string of the molecule is CCOC(Cc1ccc(OCCN(CCC2CCCC2)C(=O)Nc2cc(C)ccc2OC)cc1)C(=O)O. The van der Waals surface area contributed by atoms with E-state index in [0.29, 0.717) is 55.8 Å². The van der Waals surface area contributed by atoms with Crippen LogP contribution in [0.5, 0.6) is 11.5 Å². The van der Waals surface area contributed by atoms with Gasteiger partial charge in [-0.1, -0.05) is 43.9 Å². The molecule has 37 heavy (non-hydrogen) atoms. The predicted molar refractivity (Wildman–Crippen MR) is 144 cm³/mol. The van der Waals surface area contributed by atoms with Gasteiger partial charge in [0.1, 0.15) is 18.1 Å². The van der Waals surface area contributed by atoms with E-state index in [9.17, 15) is 14.7 Å². The molecule has 2 amide bonds. The first-order valence-corrected chi connectivity index (χ1v) is 13.2. The highest BCUT2D eigenvalue weighted by molar-refractivity contribution is 5.91. The lowest BCUT2D eigenvalue weighted by Crippen LogP contribution is -2.39. The monoisotopic (exact) mass is 512 g/mol. The first-order valence-electron chi connectivity index (χ1n) is 13.2. The van der Waals surface area contributed by atoms with Gasteiger partial charge in [-0.05, 0) is 61.6 Å². The number of hydrogen-bond donors (Lipinski definition) is 2. The van der Waals surface area contributed by atoms with Crippen LogP contribution in [0.3, 0.4) is 0 Å². The summed E-state index contributed by atoms with van der Waals surface area (Å²) in [5.41, 5.74) is 2.55. The zero-order valence-corrected chi connectivity index (χ0v) is 22.2. The van der Waals surface area contributed by atoms with Crippen molar-refractivity contribution in [2.75, 3.05) is 38.7 Å². The molecule has 1 unspecified atom stereocenters. The second-order valence-electron chi connectivity index (χ2n) is 9.54. The Labute approximate surface area is 219 Å². The van der Waals surface area contributed by atoms with Gasteiger partial charge in [-0.3, -0.25) is 0 Å². The number of aryl methyl sites for hydroxylation is 1. The molecule has 0 heterocycles. The number of aliphatic carboxylic acids is 1. The molecule has 1 aliphatic carbocycles.